The van der Waals surface area contributed by atoms with Crippen molar-refractivity contribution in [2.75, 3.05) is 18.6 Å². The first kappa shape index (κ1) is 20.2. The third kappa shape index (κ3) is 4.38. The van der Waals surface area contributed by atoms with Gasteiger partial charge in [-0.25, -0.2) is 8.42 Å². The number of carbonyl (C=O) groups excluding carboxylic acids is 1. The summed E-state index contributed by atoms with van der Waals surface area (Å²) in [7, 11) is -1.57. The van der Waals surface area contributed by atoms with Crippen LogP contribution in [0.3, 0.4) is 0 Å². The fraction of sp³-hybridized carbons (Fsp3) is 0.273. The van der Waals surface area contributed by atoms with Gasteiger partial charge >= 0.3 is 0 Å². The molecule has 1 aromatic heterocycles. The van der Waals surface area contributed by atoms with Gasteiger partial charge in [0.15, 0.2) is 9.84 Å². The minimum absolute atomic E-state index is 0.0470. The van der Waals surface area contributed by atoms with Crippen LogP contribution >= 0.6 is 0 Å². The van der Waals surface area contributed by atoms with Gasteiger partial charge in [0.25, 0.3) is 5.91 Å². The molecule has 2 heterocycles. The molecule has 0 aliphatic carbocycles. The highest BCUT2D eigenvalue weighted by molar-refractivity contribution is 7.91. The van der Waals surface area contributed by atoms with E-state index < -0.39 is 15.9 Å². The van der Waals surface area contributed by atoms with Gasteiger partial charge in [-0.05, 0) is 24.1 Å². The number of nitrogens with zero attached hydrogens (tertiary/aromatic N) is 2. The van der Waals surface area contributed by atoms with Gasteiger partial charge in [-0.15, -0.1) is 0 Å². The lowest BCUT2D eigenvalue weighted by molar-refractivity contribution is 0.0638. The van der Waals surface area contributed by atoms with Crippen molar-refractivity contribution in [3.05, 3.63) is 72.0 Å². The molecule has 156 valence electrons. The summed E-state index contributed by atoms with van der Waals surface area (Å²) in [4.78, 5) is 14.9. The van der Waals surface area contributed by atoms with E-state index in [2.05, 4.69) is 5.16 Å². The van der Waals surface area contributed by atoms with Crippen LogP contribution in [0.15, 0.2) is 65.2 Å². The van der Waals surface area contributed by atoms with Crippen molar-refractivity contribution in [1.82, 2.24) is 10.1 Å². The van der Waals surface area contributed by atoms with E-state index in [9.17, 15) is 13.2 Å². The molecular formula is C22H22N2O5S. The number of hydrogen-bond donors (Lipinski definition) is 0. The molecule has 8 heteroatoms. The van der Waals surface area contributed by atoms with E-state index in [4.69, 9.17) is 9.26 Å². The Bertz CT molecular complexity index is 1120. The fourth-order valence-electron chi connectivity index (χ4n) is 3.58. The second-order valence-electron chi connectivity index (χ2n) is 7.28. The first-order valence-electron chi connectivity index (χ1n) is 9.61. The van der Waals surface area contributed by atoms with Gasteiger partial charge in [0.05, 0.1) is 18.6 Å². The summed E-state index contributed by atoms with van der Waals surface area (Å²) < 4.78 is 34.6. The Morgan fingerprint density at radius 3 is 2.53 bits per heavy atom. The maximum Gasteiger partial charge on any atom is 0.293 e. The van der Waals surface area contributed by atoms with Crippen LogP contribution in [0.4, 0.5) is 0 Å². The van der Waals surface area contributed by atoms with Crippen molar-refractivity contribution in [3.8, 4) is 17.0 Å². The molecule has 0 spiro atoms. The summed E-state index contributed by atoms with van der Waals surface area (Å²) in [5.74, 6) is 0.460. The number of amides is 1. The Balaban J connectivity index is 1.61. The van der Waals surface area contributed by atoms with Crippen molar-refractivity contribution in [2.45, 2.75) is 19.0 Å². The summed E-state index contributed by atoms with van der Waals surface area (Å²) >= 11 is 0. The Morgan fingerprint density at radius 1 is 1.17 bits per heavy atom. The average molecular weight is 426 g/mol. The van der Waals surface area contributed by atoms with Crippen LogP contribution in [0.5, 0.6) is 5.75 Å². The minimum Gasteiger partial charge on any atom is -0.497 e. The maximum absolute atomic E-state index is 13.3. The van der Waals surface area contributed by atoms with Crippen LogP contribution in [0.1, 0.15) is 22.5 Å². The number of benzene rings is 2. The van der Waals surface area contributed by atoms with Crippen molar-refractivity contribution in [2.24, 2.45) is 0 Å². The smallest absolute Gasteiger partial charge is 0.293 e. The zero-order valence-corrected chi connectivity index (χ0v) is 17.3. The number of sulfone groups is 1. The highest BCUT2D eigenvalue weighted by atomic mass is 32.2. The first-order chi connectivity index (χ1) is 14.4. The average Bonchev–Trinajstić information content (AvgIpc) is 3.39. The molecule has 30 heavy (non-hydrogen) atoms. The summed E-state index contributed by atoms with van der Waals surface area (Å²) in [5, 5.41) is 4.02. The predicted octanol–water partition coefficient (Wildman–Crippen LogP) is 3.18. The molecule has 1 fully saturated rings. The Morgan fingerprint density at radius 2 is 1.90 bits per heavy atom. The summed E-state index contributed by atoms with van der Waals surface area (Å²) in [6, 6.07) is 17.9. The van der Waals surface area contributed by atoms with Crippen LogP contribution in [0.2, 0.25) is 0 Å². The highest BCUT2D eigenvalue weighted by Gasteiger charge is 2.36. The van der Waals surface area contributed by atoms with E-state index in [1.165, 1.54) is 0 Å². The van der Waals surface area contributed by atoms with E-state index in [1.807, 2.05) is 54.6 Å². The van der Waals surface area contributed by atoms with Crippen LogP contribution in [0, 0.1) is 0 Å². The Labute approximate surface area is 175 Å². The van der Waals surface area contributed by atoms with E-state index >= 15 is 0 Å². The number of hydrogen-bond acceptors (Lipinski definition) is 6. The number of carbonyl (C=O) groups is 1. The van der Waals surface area contributed by atoms with Crippen molar-refractivity contribution < 1.29 is 22.5 Å². The van der Waals surface area contributed by atoms with Crippen LogP contribution in [-0.2, 0) is 16.4 Å². The fourth-order valence-corrected chi connectivity index (χ4v) is 5.31. The molecule has 4 rings (SSSR count). The minimum atomic E-state index is -3.16. The third-order valence-corrected chi connectivity index (χ3v) is 6.96. The van der Waals surface area contributed by atoms with E-state index in [0.29, 0.717) is 17.9 Å². The monoisotopic (exact) mass is 426 g/mol. The van der Waals surface area contributed by atoms with Crippen LogP contribution < -0.4 is 4.74 Å². The highest BCUT2D eigenvalue weighted by Crippen LogP contribution is 2.25. The molecule has 3 aromatic rings. The number of ether oxygens (including phenoxy) is 1. The van der Waals surface area contributed by atoms with Crippen LogP contribution in [-0.4, -0.2) is 49.0 Å². The van der Waals surface area contributed by atoms with Gasteiger partial charge < -0.3 is 14.2 Å². The predicted molar refractivity (Wildman–Crippen MR) is 112 cm³/mol. The molecule has 7 nitrogen and oxygen atoms in total. The third-order valence-electron chi connectivity index (χ3n) is 5.21. The molecule has 0 saturated carbocycles. The van der Waals surface area contributed by atoms with Gasteiger partial charge in [0.2, 0.25) is 5.76 Å². The van der Waals surface area contributed by atoms with E-state index in [-0.39, 0.29) is 29.7 Å². The lowest BCUT2D eigenvalue weighted by atomic mass is 10.1. The largest absolute Gasteiger partial charge is 0.497 e. The van der Waals surface area contributed by atoms with E-state index in [1.54, 1.807) is 18.1 Å². The number of rotatable bonds is 6. The molecule has 1 unspecified atom stereocenters. The SMILES string of the molecule is COc1ccc(CN(C(=O)c2cc(-c3ccccc3)no2)C2CCS(=O)(=O)C2)cc1. The van der Waals surface area contributed by atoms with E-state index in [0.717, 1.165) is 11.1 Å². The topological polar surface area (TPSA) is 89.7 Å². The molecule has 0 radical (unpaired) electrons. The van der Waals surface area contributed by atoms with Crippen molar-refractivity contribution >= 4 is 15.7 Å². The van der Waals surface area contributed by atoms with Crippen molar-refractivity contribution in [3.63, 3.8) is 0 Å². The quantitative estimate of drug-likeness (QED) is 0.601. The number of methoxy groups -OCH3 is 1. The number of aromatic nitrogens is 1. The zero-order chi connectivity index (χ0) is 21.1. The standard InChI is InChI=1S/C22H22N2O5S/c1-28-19-9-7-16(8-10-19)14-24(18-11-12-30(26,27)15-18)22(25)21-13-20(23-29-21)17-5-3-2-4-6-17/h2-10,13,18H,11-12,14-15H2,1H3. The molecule has 1 saturated heterocycles. The zero-order valence-electron chi connectivity index (χ0n) is 16.5. The summed E-state index contributed by atoms with van der Waals surface area (Å²) in [5.41, 5.74) is 2.27. The second-order valence-corrected chi connectivity index (χ2v) is 9.51. The van der Waals surface area contributed by atoms with Gasteiger partial charge in [-0.1, -0.05) is 47.6 Å². The molecule has 1 aliphatic rings. The molecule has 0 bridgehead atoms. The second kappa shape index (κ2) is 8.31. The molecular weight excluding hydrogens is 404 g/mol. The van der Waals surface area contributed by atoms with Gasteiger partial charge in [0, 0.05) is 24.2 Å². The summed E-state index contributed by atoms with van der Waals surface area (Å²) in [6.07, 6.45) is 0.407. The molecule has 1 atom stereocenters. The normalized spacial score (nSPS) is 17.6. The molecule has 1 aliphatic heterocycles. The molecule has 0 N–H and O–H groups in total. The Hall–Kier alpha value is -3.13. The molecule has 1 amide bonds. The Kier molecular flexibility index (Phi) is 5.59. The van der Waals surface area contributed by atoms with Crippen molar-refractivity contribution in [1.29, 1.82) is 0 Å². The molecule has 2 aromatic carbocycles. The maximum atomic E-state index is 13.3. The summed E-state index contributed by atoms with van der Waals surface area (Å²) in [6.45, 7) is 0.268. The van der Waals surface area contributed by atoms with Gasteiger partial charge in [0.1, 0.15) is 11.4 Å². The lowest BCUT2D eigenvalue weighted by Gasteiger charge is -2.27. The van der Waals surface area contributed by atoms with Gasteiger partial charge in [-0.3, -0.25) is 4.79 Å². The van der Waals surface area contributed by atoms with Crippen LogP contribution in [0.25, 0.3) is 11.3 Å². The first-order valence-corrected chi connectivity index (χ1v) is 11.4. The van der Waals surface area contributed by atoms with Gasteiger partial charge in [-0.2, -0.15) is 0 Å². The lowest BCUT2D eigenvalue weighted by Crippen LogP contribution is -2.40.